The average Bonchev–Trinajstić information content (AvgIpc) is 3.19. The summed E-state index contributed by atoms with van der Waals surface area (Å²) in [4.78, 5) is 29.0. The molecule has 9 heteroatoms. The summed E-state index contributed by atoms with van der Waals surface area (Å²) < 4.78 is 0. The maximum Gasteiger partial charge on any atom is 0.272 e. The fourth-order valence-electron chi connectivity index (χ4n) is 3.79. The molecule has 1 aromatic carbocycles. The van der Waals surface area contributed by atoms with Gasteiger partial charge in [0.05, 0.1) is 0 Å². The number of anilines is 1. The maximum absolute atomic E-state index is 12.5. The van der Waals surface area contributed by atoms with E-state index in [4.69, 9.17) is 0 Å². The minimum absolute atomic E-state index is 0. The third kappa shape index (κ3) is 4.89. The fourth-order valence-corrected chi connectivity index (χ4v) is 3.79. The zero-order valence-electron chi connectivity index (χ0n) is 16.3. The lowest BCUT2D eigenvalue weighted by atomic mass is 10.1. The number of carbonyl (C=O) groups excluding carboxylic acids is 2. The van der Waals surface area contributed by atoms with Crippen LogP contribution in [0.1, 0.15) is 28.2 Å². The van der Waals surface area contributed by atoms with Gasteiger partial charge in [0, 0.05) is 75.6 Å². The van der Waals surface area contributed by atoms with Crippen LogP contribution in [0.15, 0.2) is 30.3 Å². The molecule has 156 valence electrons. The van der Waals surface area contributed by atoms with Crippen molar-refractivity contribution in [2.45, 2.75) is 19.4 Å². The van der Waals surface area contributed by atoms with Crippen LogP contribution < -0.4 is 15.5 Å². The van der Waals surface area contributed by atoms with Crippen LogP contribution >= 0.6 is 12.4 Å². The molecule has 2 aromatic rings. The lowest BCUT2D eigenvalue weighted by molar-refractivity contribution is -0.131. The van der Waals surface area contributed by atoms with Crippen molar-refractivity contribution in [1.29, 1.82) is 0 Å². The van der Waals surface area contributed by atoms with Gasteiger partial charge in [0.25, 0.3) is 5.91 Å². The molecule has 8 nitrogen and oxygen atoms in total. The Morgan fingerprint density at radius 2 is 1.86 bits per heavy atom. The molecule has 2 aliphatic heterocycles. The molecular formula is C20H27ClN6O2. The molecule has 1 aromatic heterocycles. The highest BCUT2D eigenvalue weighted by atomic mass is 35.5. The van der Waals surface area contributed by atoms with Crippen LogP contribution in [-0.4, -0.2) is 66.2 Å². The highest BCUT2D eigenvalue weighted by Gasteiger charge is 2.23. The highest BCUT2D eigenvalue weighted by Crippen LogP contribution is 2.16. The maximum atomic E-state index is 12.5. The van der Waals surface area contributed by atoms with E-state index in [-0.39, 0.29) is 24.2 Å². The normalized spacial score (nSPS) is 16.0. The summed E-state index contributed by atoms with van der Waals surface area (Å²) in [7, 11) is 0. The first-order chi connectivity index (χ1) is 13.7. The third-order valence-electron chi connectivity index (χ3n) is 5.40. The number of nitrogens with zero attached hydrogens (tertiary/aromatic N) is 3. The number of hydrogen-bond acceptors (Lipinski definition) is 5. The number of piperazine rings is 1. The van der Waals surface area contributed by atoms with Gasteiger partial charge in [0.2, 0.25) is 5.91 Å². The molecule has 1 fully saturated rings. The standard InChI is InChI=1S/C20H26N6O2.ClH/c27-18(26-12-10-25(11-13-26)15-4-2-1-3-5-15)7-9-22-20(28)19-16-14-21-8-6-17(16)23-24-19;/h1-5,21H,6-14H2,(H,22,28)(H,23,24);1H. The third-order valence-corrected chi connectivity index (χ3v) is 5.40. The number of halogens is 1. The Labute approximate surface area is 176 Å². The van der Waals surface area contributed by atoms with Crippen molar-refractivity contribution in [3.63, 3.8) is 0 Å². The lowest BCUT2D eigenvalue weighted by Gasteiger charge is -2.36. The lowest BCUT2D eigenvalue weighted by Crippen LogP contribution is -2.49. The molecule has 0 unspecified atom stereocenters. The van der Waals surface area contributed by atoms with E-state index in [2.05, 4.69) is 37.9 Å². The van der Waals surface area contributed by atoms with Crippen LogP contribution in [0.4, 0.5) is 5.69 Å². The molecular weight excluding hydrogens is 392 g/mol. The van der Waals surface area contributed by atoms with Crippen LogP contribution in [0, 0.1) is 0 Å². The van der Waals surface area contributed by atoms with Gasteiger partial charge in [-0.2, -0.15) is 5.10 Å². The second-order valence-electron chi connectivity index (χ2n) is 7.17. The molecule has 0 atom stereocenters. The van der Waals surface area contributed by atoms with E-state index in [0.717, 1.165) is 37.3 Å². The van der Waals surface area contributed by atoms with Gasteiger partial charge >= 0.3 is 0 Å². The van der Waals surface area contributed by atoms with Crippen molar-refractivity contribution in [2.75, 3.05) is 44.2 Å². The van der Waals surface area contributed by atoms with Crippen molar-refractivity contribution in [2.24, 2.45) is 0 Å². The van der Waals surface area contributed by atoms with Gasteiger partial charge in [0.15, 0.2) is 5.69 Å². The van der Waals surface area contributed by atoms with Crippen molar-refractivity contribution >= 4 is 29.9 Å². The predicted molar refractivity (Wildman–Crippen MR) is 113 cm³/mol. The Hall–Kier alpha value is -2.58. The predicted octanol–water partition coefficient (Wildman–Crippen LogP) is 0.946. The number of fused-ring (bicyclic) bond motifs is 1. The monoisotopic (exact) mass is 418 g/mol. The Morgan fingerprint density at radius 3 is 2.62 bits per heavy atom. The summed E-state index contributed by atoms with van der Waals surface area (Å²) in [6.07, 6.45) is 1.16. The topological polar surface area (TPSA) is 93.4 Å². The molecule has 2 amide bonds. The molecule has 1 saturated heterocycles. The van der Waals surface area contributed by atoms with Crippen molar-refractivity contribution in [1.82, 2.24) is 25.7 Å². The van der Waals surface area contributed by atoms with Gasteiger partial charge in [-0.3, -0.25) is 14.7 Å². The summed E-state index contributed by atoms with van der Waals surface area (Å²) in [6, 6.07) is 10.3. The van der Waals surface area contributed by atoms with E-state index in [9.17, 15) is 9.59 Å². The first-order valence-electron chi connectivity index (χ1n) is 9.85. The SMILES string of the molecule is Cl.O=C(NCCC(=O)N1CCN(c2ccccc2)CC1)c1n[nH]c2c1CNCC2. The molecule has 3 N–H and O–H groups in total. The molecule has 0 bridgehead atoms. The molecule has 4 rings (SSSR count). The number of H-pyrrole nitrogens is 1. The van der Waals surface area contributed by atoms with Crippen molar-refractivity contribution < 1.29 is 9.59 Å². The van der Waals surface area contributed by atoms with Gasteiger partial charge in [-0.25, -0.2) is 0 Å². The number of carbonyl (C=O) groups is 2. The Morgan fingerprint density at radius 1 is 1.10 bits per heavy atom. The van der Waals surface area contributed by atoms with Gasteiger partial charge < -0.3 is 20.4 Å². The average molecular weight is 419 g/mol. The van der Waals surface area contributed by atoms with E-state index >= 15 is 0 Å². The Bertz CT molecular complexity index is 833. The zero-order chi connectivity index (χ0) is 19.3. The van der Waals surface area contributed by atoms with Crippen LogP contribution in [0.25, 0.3) is 0 Å². The highest BCUT2D eigenvalue weighted by molar-refractivity contribution is 5.94. The largest absolute Gasteiger partial charge is 0.368 e. The number of aromatic amines is 1. The van der Waals surface area contributed by atoms with Crippen LogP contribution in [-0.2, 0) is 17.8 Å². The molecule has 0 spiro atoms. The second-order valence-corrected chi connectivity index (χ2v) is 7.17. The van der Waals surface area contributed by atoms with Crippen molar-refractivity contribution in [3.05, 3.63) is 47.3 Å². The second kappa shape index (κ2) is 9.76. The zero-order valence-corrected chi connectivity index (χ0v) is 17.1. The first kappa shape index (κ1) is 21.1. The van der Waals surface area contributed by atoms with Gasteiger partial charge in [-0.1, -0.05) is 18.2 Å². The molecule has 0 radical (unpaired) electrons. The van der Waals surface area contributed by atoms with E-state index < -0.39 is 0 Å². The van der Waals surface area contributed by atoms with Crippen molar-refractivity contribution in [3.8, 4) is 0 Å². The van der Waals surface area contributed by atoms with Gasteiger partial charge in [-0.05, 0) is 12.1 Å². The smallest absolute Gasteiger partial charge is 0.272 e. The summed E-state index contributed by atoms with van der Waals surface area (Å²) in [5.41, 5.74) is 3.59. The van der Waals surface area contributed by atoms with E-state index in [1.54, 1.807) is 0 Å². The fraction of sp³-hybridized carbons (Fsp3) is 0.450. The van der Waals surface area contributed by atoms with E-state index in [0.29, 0.717) is 38.3 Å². The first-order valence-corrected chi connectivity index (χ1v) is 9.85. The molecule has 3 heterocycles. The quantitative estimate of drug-likeness (QED) is 0.672. The summed E-state index contributed by atoms with van der Waals surface area (Å²) in [5.74, 6) is -0.137. The Balaban J connectivity index is 0.00000240. The van der Waals surface area contributed by atoms with E-state index in [1.807, 2.05) is 23.1 Å². The number of para-hydroxylation sites is 1. The number of nitrogens with one attached hydrogen (secondary N) is 3. The van der Waals surface area contributed by atoms with Crippen LogP contribution in [0.2, 0.25) is 0 Å². The Kier molecular flexibility index (Phi) is 7.11. The molecule has 0 aliphatic carbocycles. The summed E-state index contributed by atoms with van der Waals surface area (Å²) >= 11 is 0. The summed E-state index contributed by atoms with van der Waals surface area (Å²) in [5, 5.41) is 13.2. The van der Waals surface area contributed by atoms with Gasteiger partial charge in [0.1, 0.15) is 0 Å². The molecule has 0 saturated carbocycles. The van der Waals surface area contributed by atoms with Gasteiger partial charge in [-0.15, -0.1) is 12.4 Å². The minimum Gasteiger partial charge on any atom is -0.368 e. The van der Waals surface area contributed by atoms with Crippen LogP contribution in [0.5, 0.6) is 0 Å². The number of benzene rings is 1. The number of rotatable bonds is 5. The van der Waals surface area contributed by atoms with Crippen LogP contribution in [0.3, 0.4) is 0 Å². The minimum atomic E-state index is -0.220. The summed E-state index contributed by atoms with van der Waals surface area (Å²) in [6.45, 7) is 4.94. The number of aromatic nitrogens is 2. The molecule has 29 heavy (non-hydrogen) atoms. The van der Waals surface area contributed by atoms with E-state index in [1.165, 1.54) is 5.69 Å². The number of hydrogen-bond donors (Lipinski definition) is 3. The molecule has 2 aliphatic rings. The number of amides is 2.